The Morgan fingerprint density at radius 1 is 1.47 bits per heavy atom. The molecule has 0 spiro atoms. The summed E-state index contributed by atoms with van der Waals surface area (Å²) in [6, 6.07) is 6.16. The fourth-order valence-electron chi connectivity index (χ4n) is 2.58. The van der Waals surface area contributed by atoms with Gasteiger partial charge in [0.05, 0.1) is 0 Å². The lowest BCUT2D eigenvalue weighted by molar-refractivity contribution is 0.208. The Labute approximate surface area is 129 Å². The van der Waals surface area contributed by atoms with Crippen molar-refractivity contribution in [2.24, 2.45) is 0 Å². The van der Waals surface area contributed by atoms with E-state index < -0.39 is 0 Å². The molecular weight excluding hydrogens is 324 g/mol. The standard InChI is InChI=1S/C15H22BrClN2/c1-3-15(2)11-19(8-4-7-18-15)10-12-5-6-13(16)9-14(12)17/h5-6,9,18H,3-4,7-8,10-11H2,1-2H3. The molecule has 1 unspecified atom stereocenters. The molecule has 0 amide bonds. The van der Waals surface area contributed by atoms with Crippen LogP contribution in [0.15, 0.2) is 22.7 Å². The number of hydrogen-bond donors (Lipinski definition) is 1. The molecule has 1 aliphatic rings. The van der Waals surface area contributed by atoms with Gasteiger partial charge >= 0.3 is 0 Å². The van der Waals surface area contributed by atoms with Gasteiger partial charge in [-0.15, -0.1) is 0 Å². The largest absolute Gasteiger partial charge is 0.310 e. The molecule has 1 aromatic rings. The highest BCUT2D eigenvalue weighted by molar-refractivity contribution is 9.10. The van der Waals surface area contributed by atoms with E-state index in [2.05, 4.69) is 52.1 Å². The lowest BCUT2D eigenvalue weighted by Gasteiger charge is -2.32. The third kappa shape index (κ3) is 4.19. The summed E-state index contributed by atoms with van der Waals surface area (Å²) >= 11 is 9.78. The number of nitrogens with one attached hydrogen (secondary N) is 1. The first-order chi connectivity index (χ1) is 9.02. The van der Waals surface area contributed by atoms with Crippen LogP contribution in [0.3, 0.4) is 0 Å². The predicted molar refractivity (Wildman–Crippen MR) is 85.7 cm³/mol. The number of halogens is 2. The second kappa shape index (κ2) is 6.57. The molecule has 19 heavy (non-hydrogen) atoms. The fourth-order valence-corrected chi connectivity index (χ4v) is 3.32. The Morgan fingerprint density at radius 2 is 2.26 bits per heavy atom. The average Bonchev–Trinajstić information content (AvgIpc) is 2.55. The van der Waals surface area contributed by atoms with Gasteiger partial charge in [0.2, 0.25) is 0 Å². The highest BCUT2D eigenvalue weighted by Gasteiger charge is 2.27. The first kappa shape index (κ1) is 15.3. The zero-order valence-corrected chi connectivity index (χ0v) is 14.0. The van der Waals surface area contributed by atoms with Gasteiger partial charge in [-0.25, -0.2) is 0 Å². The summed E-state index contributed by atoms with van der Waals surface area (Å²) in [4.78, 5) is 2.51. The van der Waals surface area contributed by atoms with Crippen molar-refractivity contribution in [1.82, 2.24) is 10.2 Å². The summed E-state index contributed by atoms with van der Waals surface area (Å²) in [6.07, 6.45) is 2.35. The molecule has 0 aliphatic carbocycles. The smallest absolute Gasteiger partial charge is 0.0462 e. The van der Waals surface area contributed by atoms with E-state index in [9.17, 15) is 0 Å². The first-order valence-electron chi connectivity index (χ1n) is 6.94. The normalized spacial score (nSPS) is 25.3. The van der Waals surface area contributed by atoms with Crippen LogP contribution in [0.5, 0.6) is 0 Å². The second-order valence-corrected chi connectivity index (χ2v) is 6.96. The van der Waals surface area contributed by atoms with Gasteiger partial charge < -0.3 is 5.32 Å². The van der Waals surface area contributed by atoms with E-state index in [1.54, 1.807) is 0 Å². The molecule has 1 N–H and O–H groups in total. The molecule has 1 atom stereocenters. The zero-order valence-electron chi connectivity index (χ0n) is 11.7. The van der Waals surface area contributed by atoms with E-state index in [-0.39, 0.29) is 5.54 Å². The molecule has 4 heteroatoms. The van der Waals surface area contributed by atoms with Crippen LogP contribution >= 0.6 is 27.5 Å². The van der Waals surface area contributed by atoms with Crippen LogP contribution in [-0.2, 0) is 6.54 Å². The van der Waals surface area contributed by atoms with Gasteiger partial charge in [0.1, 0.15) is 0 Å². The molecule has 106 valence electrons. The van der Waals surface area contributed by atoms with E-state index >= 15 is 0 Å². The van der Waals surface area contributed by atoms with Gasteiger partial charge in [0, 0.05) is 28.1 Å². The third-order valence-corrected chi connectivity index (χ3v) is 4.81. The molecule has 2 rings (SSSR count). The summed E-state index contributed by atoms with van der Waals surface area (Å²) < 4.78 is 1.04. The SMILES string of the molecule is CCC1(C)CN(Cc2ccc(Br)cc2Cl)CCCN1. The highest BCUT2D eigenvalue weighted by atomic mass is 79.9. The van der Waals surface area contributed by atoms with Gasteiger partial charge in [0.15, 0.2) is 0 Å². The maximum Gasteiger partial charge on any atom is 0.0462 e. The molecule has 1 aliphatic heterocycles. The maximum absolute atomic E-state index is 6.32. The number of hydrogen-bond acceptors (Lipinski definition) is 2. The Kier molecular flexibility index (Phi) is 5.29. The lowest BCUT2D eigenvalue weighted by atomic mass is 9.98. The van der Waals surface area contributed by atoms with Crippen LogP contribution in [0.2, 0.25) is 5.02 Å². The van der Waals surface area contributed by atoms with E-state index in [0.717, 1.165) is 42.1 Å². The number of nitrogens with zero attached hydrogens (tertiary/aromatic N) is 1. The van der Waals surface area contributed by atoms with Gasteiger partial charge in [-0.05, 0) is 50.6 Å². The minimum Gasteiger partial charge on any atom is -0.310 e. The van der Waals surface area contributed by atoms with Gasteiger partial charge in [-0.1, -0.05) is 40.5 Å². The van der Waals surface area contributed by atoms with E-state index in [4.69, 9.17) is 11.6 Å². The van der Waals surface area contributed by atoms with Crippen molar-refractivity contribution >= 4 is 27.5 Å². The minimum atomic E-state index is 0.221. The number of benzene rings is 1. The van der Waals surface area contributed by atoms with Crippen LogP contribution < -0.4 is 5.32 Å². The monoisotopic (exact) mass is 344 g/mol. The Bertz CT molecular complexity index is 438. The molecule has 1 saturated heterocycles. The van der Waals surface area contributed by atoms with Crippen molar-refractivity contribution in [3.63, 3.8) is 0 Å². The van der Waals surface area contributed by atoms with E-state index in [1.165, 1.54) is 12.0 Å². The molecule has 0 aromatic heterocycles. The Hall–Kier alpha value is -0.0900. The lowest BCUT2D eigenvalue weighted by Crippen LogP contribution is -2.48. The second-order valence-electron chi connectivity index (χ2n) is 5.64. The highest BCUT2D eigenvalue weighted by Crippen LogP contribution is 2.24. The summed E-state index contributed by atoms with van der Waals surface area (Å²) in [7, 11) is 0. The third-order valence-electron chi connectivity index (χ3n) is 3.96. The minimum absolute atomic E-state index is 0.221. The van der Waals surface area contributed by atoms with Crippen LogP contribution in [-0.4, -0.2) is 30.1 Å². The average molecular weight is 346 g/mol. The Balaban J connectivity index is 2.08. The number of rotatable bonds is 3. The molecule has 1 aromatic carbocycles. The molecular formula is C15H22BrClN2. The summed E-state index contributed by atoms with van der Waals surface area (Å²) in [5, 5.41) is 4.52. The van der Waals surface area contributed by atoms with Crippen molar-refractivity contribution in [3.05, 3.63) is 33.3 Å². The molecule has 1 fully saturated rings. The fraction of sp³-hybridized carbons (Fsp3) is 0.600. The molecule has 0 saturated carbocycles. The summed E-state index contributed by atoms with van der Waals surface area (Å²) in [5.41, 5.74) is 1.43. The first-order valence-corrected chi connectivity index (χ1v) is 8.11. The maximum atomic E-state index is 6.32. The van der Waals surface area contributed by atoms with Crippen LogP contribution in [0, 0.1) is 0 Å². The van der Waals surface area contributed by atoms with E-state index in [0.29, 0.717) is 0 Å². The molecule has 1 heterocycles. The van der Waals surface area contributed by atoms with Crippen molar-refractivity contribution in [2.45, 2.75) is 38.8 Å². The predicted octanol–water partition coefficient (Wildman–Crippen LogP) is 4.07. The zero-order chi connectivity index (χ0) is 13.9. The summed E-state index contributed by atoms with van der Waals surface area (Å²) in [5.74, 6) is 0. The van der Waals surface area contributed by atoms with Crippen molar-refractivity contribution in [3.8, 4) is 0 Å². The van der Waals surface area contributed by atoms with Gasteiger partial charge in [0.25, 0.3) is 0 Å². The Morgan fingerprint density at radius 3 is 2.95 bits per heavy atom. The van der Waals surface area contributed by atoms with Crippen molar-refractivity contribution < 1.29 is 0 Å². The van der Waals surface area contributed by atoms with Crippen molar-refractivity contribution in [2.75, 3.05) is 19.6 Å². The van der Waals surface area contributed by atoms with Crippen LogP contribution in [0.1, 0.15) is 32.3 Å². The van der Waals surface area contributed by atoms with Gasteiger partial charge in [-0.3, -0.25) is 4.90 Å². The van der Waals surface area contributed by atoms with Crippen LogP contribution in [0.4, 0.5) is 0 Å². The quantitative estimate of drug-likeness (QED) is 0.888. The van der Waals surface area contributed by atoms with E-state index in [1.807, 2.05) is 6.07 Å². The summed E-state index contributed by atoms with van der Waals surface area (Å²) in [6.45, 7) is 8.82. The molecule has 0 radical (unpaired) electrons. The van der Waals surface area contributed by atoms with Gasteiger partial charge in [-0.2, -0.15) is 0 Å². The topological polar surface area (TPSA) is 15.3 Å². The molecule has 2 nitrogen and oxygen atoms in total. The van der Waals surface area contributed by atoms with Crippen molar-refractivity contribution in [1.29, 1.82) is 0 Å². The van der Waals surface area contributed by atoms with Crippen LogP contribution in [0.25, 0.3) is 0 Å². The molecule has 0 bridgehead atoms.